The number of nitrogens with one attached hydrogen (secondary N) is 1. The lowest BCUT2D eigenvalue weighted by Gasteiger charge is -2.38. The molecule has 6 heteroatoms. The van der Waals surface area contributed by atoms with Gasteiger partial charge in [0, 0.05) is 50.5 Å². The average Bonchev–Trinajstić information content (AvgIpc) is 3.50. The Bertz CT molecular complexity index is 857. The Balaban J connectivity index is 1.29. The molecule has 1 aromatic heterocycles. The predicted octanol–water partition coefficient (Wildman–Crippen LogP) is 3.07. The normalized spacial score (nSPS) is 34.5. The van der Waals surface area contributed by atoms with E-state index in [1.165, 1.54) is 25.7 Å². The molecule has 0 radical (unpaired) electrons. The molecule has 0 aromatic carbocycles. The standard InChI is InChI=1S/C24H36N4O2/c1-15-5-7-18(8-6-15)27-11-9-21-20(14-27)23(29)26-22(25-21)17-4-3-10-28(13-17)24(30)19-12-16(19)2/h15-19H,3-14H2,1-2H3,(H,25,26,29)/t15?,16-,17+,18?,19-/m0/s1. The van der Waals surface area contributed by atoms with Crippen molar-refractivity contribution in [1.82, 2.24) is 19.8 Å². The van der Waals surface area contributed by atoms with E-state index < -0.39 is 0 Å². The number of hydrogen-bond donors (Lipinski definition) is 1. The van der Waals surface area contributed by atoms with E-state index in [9.17, 15) is 9.59 Å². The highest BCUT2D eigenvalue weighted by Gasteiger charge is 2.42. The summed E-state index contributed by atoms with van der Waals surface area (Å²) in [5, 5.41) is 0. The van der Waals surface area contributed by atoms with Crippen molar-refractivity contribution >= 4 is 5.91 Å². The van der Waals surface area contributed by atoms with Crippen LogP contribution in [0, 0.1) is 17.8 Å². The zero-order chi connectivity index (χ0) is 20.8. The second kappa shape index (κ2) is 8.10. The zero-order valence-electron chi connectivity index (χ0n) is 18.5. The van der Waals surface area contributed by atoms with Gasteiger partial charge in [0.15, 0.2) is 0 Å². The van der Waals surface area contributed by atoms with Gasteiger partial charge >= 0.3 is 0 Å². The van der Waals surface area contributed by atoms with Gasteiger partial charge in [-0.05, 0) is 56.8 Å². The van der Waals surface area contributed by atoms with Crippen LogP contribution in [0.4, 0.5) is 0 Å². The maximum atomic E-state index is 13.0. The zero-order valence-corrected chi connectivity index (χ0v) is 18.5. The Kier molecular flexibility index (Phi) is 5.46. The number of likely N-dealkylation sites (tertiary alicyclic amines) is 1. The van der Waals surface area contributed by atoms with E-state index in [2.05, 4.69) is 23.7 Å². The summed E-state index contributed by atoms with van der Waals surface area (Å²) < 4.78 is 0. The predicted molar refractivity (Wildman–Crippen MR) is 116 cm³/mol. The first-order valence-corrected chi connectivity index (χ1v) is 12.1. The maximum Gasteiger partial charge on any atom is 0.255 e. The van der Waals surface area contributed by atoms with Crippen LogP contribution in [0.15, 0.2) is 4.79 Å². The van der Waals surface area contributed by atoms with Gasteiger partial charge in [-0.1, -0.05) is 13.8 Å². The number of aromatic amines is 1. The minimum absolute atomic E-state index is 0.0446. The Morgan fingerprint density at radius 1 is 1.10 bits per heavy atom. The number of nitrogens with zero attached hydrogens (tertiary/aromatic N) is 3. The van der Waals surface area contributed by atoms with Crippen LogP contribution < -0.4 is 5.56 Å². The van der Waals surface area contributed by atoms with E-state index in [-0.39, 0.29) is 17.4 Å². The highest BCUT2D eigenvalue weighted by Crippen LogP contribution is 2.40. The molecular weight excluding hydrogens is 376 g/mol. The van der Waals surface area contributed by atoms with Gasteiger partial charge in [0.1, 0.15) is 5.82 Å². The van der Waals surface area contributed by atoms with Gasteiger partial charge in [-0.25, -0.2) is 4.98 Å². The van der Waals surface area contributed by atoms with Gasteiger partial charge in [-0.15, -0.1) is 0 Å². The molecule has 1 saturated heterocycles. The molecule has 4 aliphatic rings. The fourth-order valence-corrected chi connectivity index (χ4v) is 5.88. The van der Waals surface area contributed by atoms with Crippen LogP contribution in [-0.4, -0.2) is 51.4 Å². The molecule has 0 bridgehead atoms. The number of H-pyrrole nitrogens is 1. The van der Waals surface area contributed by atoms with Crippen LogP contribution in [0.25, 0.3) is 0 Å². The smallest absolute Gasteiger partial charge is 0.255 e. The molecule has 3 heterocycles. The van der Waals surface area contributed by atoms with Crippen molar-refractivity contribution in [2.45, 2.75) is 83.7 Å². The summed E-state index contributed by atoms with van der Waals surface area (Å²) >= 11 is 0. The summed E-state index contributed by atoms with van der Waals surface area (Å²) in [5.74, 6) is 2.89. The molecule has 30 heavy (non-hydrogen) atoms. The third-order valence-corrected chi connectivity index (χ3v) is 8.16. The largest absolute Gasteiger partial charge is 0.342 e. The first kappa shape index (κ1) is 20.2. The van der Waals surface area contributed by atoms with Crippen LogP contribution in [0.3, 0.4) is 0 Å². The third kappa shape index (κ3) is 3.95. The molecule has 2 saturated carbocycles. The topological polar surface area (TPSA) is 69.3 Å². The van der Waals surface area contributed by atoms with E-state index in [1.54, 1.807) is 0 Å². The number of amides is 1. The summed E-state index contributed by atoms with van der Waals surface area (Å²) in [6, 6.07) is 0.621. The van der Waals surface area contributed by atoms with Gasteiger partial charge in [0.05, 0.1) is 11.3 Å². The SMILES string of the molecule is CC1CCC(N2CCc3nc([C@@H]4CCCN(C(=O)[C@H]5C[C@@H]5C)C4)[nH]c(=O)c3C2)CC1. The van der Waals surface area contributed by atoms with Gasteiger partial charge in [-0.2, -0.15) is 0 Å². The van der Waals surface area contributed by atoms with Crippen molar-refractivity contribution in [2.24, 2.45) is 17.8 Å². The summed E-state index contributed by atoms with van der Waals surface area (Å²) in [4.78, 5) is 38.3. The molecule has 3 fully saturated rings. The number of rotatable bonds is 3. The fraction of sp³-hybridized carbons (Fsp3) is 0.792. The Hall–Kier alpha value is -1.69. The summed E-state index contributed by atoms with van der Waals surface area (Å²) in [5.41, 5.74) is 1.91. The molecule has 5 rings (SSSR count). The lowest BCUT2D eigenvalue weighted by Crippen LogP contribution is -2.44. The minimum Gasteiger partial charge on any atom is -0.342 e. The quantitative estimate of drug-likeness (QED) is 0.828. The molecule has 2 aliphatic heterocycles. The number of fused-ring (bicyclic) bond motifs is 1. The molecule has 3 atom stereocenters. The van der Waals surface area contributed by atoms with Crippen LogP contribution in [-0.2, 0) is 17.8 Å². The number of piperidine rings is 1. The van der Waals surface area contributed by atoms with Gasteiger partial charge in [-0.3, -0.25) is 14.5 Å². The van der Waals surface area contributed by atoms with E-state index in [4.69, 9.17) is 4.98 Å². The van der Waals surface area contributed by atoms with Crippen LogP contribution in [0.1, 0.15) is 81.8 Å². The van der Waals surface area contributed by atoms with E-state index in [1.807, 2.05) is 4.90 Å². The molecule has 0 spiro atoms. The highest BCUT2D eigenvalue weighted by molar-refractivity contribution is 5.81. The number of aromatic nitrogens is 2. The molecule has 1 aromatic rings. The van der Waals surface area contributed by atoms with Crippen LogP contribution >= 0.6 is 0 Å². The number of carbonyl (C=O) groups excluding carboxylic acids is 1. The molecule has 164 valence electrons. The average molecular weight is 413 g/mol. The fourth-order valence-electron chi connectivity index (χ4n) is 5.88. The molecular formula is C24H36N4O2. The van der Waals surface area contributed by atoms with E-state index >= 15 is 0 Å². The summed E-state index contributed by atoms with van der Waals surface area (Å²) in [6.07, 6.45) is 9.01. The summed E-state index contributed by atoms with van der Waals surface area (Å²) in [6.45, 7) is 7.81. The van der Waals surface area contributed by atoms with Crippen molar-refractivity contribution < 1.29 is 4.79 Å². The highest BCUT2D eigenvalue weighted by atomic mass is 16.2. The molecule has 1 amide bonds. The van der Waals surface area contributed by atoms with Crippen molar-refractivity contribution in [2.75, 3.05) is 19.6 Å². The Morgan fingerprint density at radius 2 is 1.87 bits per heavy atom. The van der Waals surface area contributed by atoms with Crippen LogP contribution in [0.2, 0.25) is 0 Å². The first-order chi connectivity index (χ1) is 14.5. The third-order valence-electron chi connectivity index (χ3n) is 8.16. The van der Waals surface area contributed by atoms with Crippen molar-refractivity contribution in [3.05, 3.63) is 27.4 Å². The lowest BCUT2D eigenvalue weighted by molar-refractivity contribution is -0.134. The van der Waals surface area contributed by atoms with Crippen molar-refractivity contribution in [3.63, 3.8) is 0 Å². The lowest BCUT2D eigenvalue weighted by atomic mass is 9.86. The Morgan fingerprint density at radius 3 is 2.60 bits per heavy atom. The van der Waals surface area contributed by atoms with Gasteiger partial charge in [0.2, 0.25) is 5.91 Å². The molecule has 1 N–H and O–H groups in total. The first-order valence-electron chi connectivity index (χ1n) is 12.1. The maximum absolute atomic E-state index is 13.0. The van der Waals surface area contributed by atoms with Crippen molar-refractivity contribution in [3.8, 4) is 0 Å². The Labute approximate surface area is 179 Å². The molecule has 6 nitrogen and oxygen atoms in total. The van der Waals surface area contributed by atoms with Gasteiger partial charge < -0.3 is 9.88 Å². The van der Waals surface area contributed by atoms with E-state index in [0.29, 0.717) is 24.4 Å². The number of carbonyl (C=O) groups is 1. The second-order valence-electron chi connectivity index (χ2n) is 10.5. The van der Waals surface area contributed by atoms with Crippen molar-refractivity contribution in [1.29, 1.82) is 0 Å². The van der Waals surface area contributed by atoms with Crippen LogP contribution in [0.5, 0.6) is 0 Å². The minimum atomic E-state index is 0.0446. The second-order valence-corrected chi connectivity index (χ2v) is 10.5. The monoisotopic (exact) mass is 412 g/mol. The van der Waals surface area contributed by atoms with E-state index in [0.717, 1.165) is 68.3 Å². The van der Waals surface area contributed by atoms with Gasteiger partial charge in [0.25, 0.3) is 5.56 Å². The molecule has 2 aliphatic carbocycles. The molecule has 0 unspecified atom stereocenters. The number of hydrogen-bond acceptors (Lipinski definition) is 4. The summed E-state index contributed by atoms with van der Waals surface area (Å²) in [7, 11) is 0.